The van der Waals surface area contributed by atoms with Crippen LogP contribution in [0.4, 0.5) is 0 Å². The van der Waals surface area contributed by atoms with Crippen LogP contribution >= 0.6 is 0 Å². The fourth-order valence-electron chi connectivity index (χ4n) is 3.02. The lowest BCUT2D eigenvalue weighted by Crippen LogP contribution is -2.43. The minimum Gasteiger partial charge on any atom is -0.462 e. The fourth-order valence-corrected chi connectivity index (χ4v) is 3.02. The first-order chi connectivity index (χ1) is 11.5. The molecule has 0 radical (unpaired) electrons. The molecule has 0 spiro atoms. The van der Waals surface area contributed by atoms with Crippen LogP contribution in [-0.4, -0.2) is 52.7 Å². The van der Waals surface area contributed by atoms with Crippen molar-refractivity contribution in [2.45, 2.75) is 51.1 Å². The molecule has 130 valence electrons. The number of carbonyl (C=O) groups excluding carboxylic acids is 1. The molecule has 24 heavy (non-hydrogen) atoms. The van der Waals surface area contributed by atoms with Crippen LogP contribution in [0.5, 0.6) is 0 Å². The van der Waals surface area contributed by atoms with Crippen LogP contribution in [0.1, 0.15) is 27.0 Å². The zero-order valence-electron chi connectivity index (χ0n) is 14.1. The van der Waals surface area contributed by atoms with E-state index in [9.17, 15) is 4.79 Å². The number of nitrogens with zero attached hydrogens (tertiary/aromatic N) is 3. The molecule has 3 rings (SSSR count). The van der Waals surface area contributed by atoms with Gasteiger partial charge < -0.3 is 18.9 Å². The SMILES string of the molecule is CO[C@H]([C@H]1OC(C)(C)O[C@H]1n1nnc2ccccc21)[C@H](C)OC=O. The highest BCUT2D eigenvalue weighted by atomic mass is 16.8. The monoisotopic (exact) mass is 335 g/mol. The normalized spacial score (nSPS) is 25.5. The molecular formula is C16H21N3O5. The lowest BCUT2D eigenvalue weighted by atomic mass is 10.1. The van der Waals surface area contributed by atoms with Gasteiger partial charge in [0.25, 0.3) is 6.47 Å². The Morgan fingerprint density at radius 3 is 2.79 bits per heavy atom. The maximum atomic E-state index is 10.7. The van der Waals surface area contributed by atoms with E-state index in [0.29, 0.717) is 6.47 Å². The Morgan fingerprint density at radius 2 is 2.08 bits per heavy atom. The number of aromatic nitrogens is 3. The van der Waals surface area contributed by atoms with Gasteiger partial charge in [0.15, 0.2) is 12.0 Å². The Morgan fingerprint density at radius 1 is 1.33 bits per heavy atom. The first-order valence-corrected chi connectivity index (χ1v) is 7.74. The zero-order chi connectivity index (χ0) is 17.3. The van der Waals surface area contributed by atoms with Crippen LogP contribution < -0.4 is 0 Å². The van der Waals surface area contributed by atoms with Gasteiger partial charge in [0, 0.05) is 7.11 Å². The minimum absolute atomic E-state index is 0.400. The number of ether oxygens (including phenoxy) is 4. The smallest absolute Gasteiger partial charge is 0.293 e. The van der Waals surface area contributed by atoms with Gasteiger partial charge in [0.2, 0.25) is 0 Å². The van der Waals surface area contributed by atoms with Gasteiger partial charge >= 0.3 is 0 Å². The van der Waals surface area contributed by atoms with Gasteiger partial charge in [0.1, 0.15) is 23.8 Å². The van der Waals surface area contributed by atoms with Crippen LogP contribution in [-0.2, 0) is 23.7 Å². The van der Waals surface area contributed by atoms with Crippen LogP contribution in [0, 0.1) is 0 Å². The summed E-state index contributed by atoms with van der Waals surface area (Å²) in [6.45, 7) is 5.78. The predicted molar refractivity (Wildman–Crippen MR) is 84.0 cm³/mol. The van der Waals surface area contributed by atoms with E-state index in [1.807, 2.05) is 38.1 Å². The number of fused-ring (bicyclic) bond motifs is 1. The first-order valence-electron chi connectivity index (χ1n) is 7.74. The largest absolute Gasteiger partial charge is 0.462 e. The topological polar surface area (TPSA) is 84.7 Å². The third-order valence-electron chi connectivity index (χ3n) is 4.05. The van der Waals surface area contributed by atoms with Crippen molar-refractivity contribution in [1.29, 1.82) is 0 Å². The summed E-state index contributed by atoms with van der Waals surface area (Å²) in [6, 6.07) is 7.59. The van der Waals surface area contributed by atoms with Crippen molar-refractivity contribution < 1.29 is 23.7 Å². The average molecular weight is 335 g/mol. The molecular weight excluding hydrogens is 314 g/mol. The van der Waals surface area contributed by atoms with E-state index in [2.05, 4.69) is 10.3 Å². The van der Waals surface area contributed by atoms with Crippen molar-refractivity contribution in [3.05, 3.63) is 24.3 Å². The summed E-state index contributed by atoms with van der Waals surface area (Å²) in [6.07, 6.45) is -2.11. The van der Waals surface area contributed by atoms with Gasteiger partial charge in [-0.25, -0.2) is 4.68 Å². The third kappa shape index (κ3) is 3.00. The summed E-state index contributed by atoms with van der Waals surface area (Å²) in [7, 11) is 1.54. The van der Waals surface area contributed by atoms with Gasteiger partial charge in [-0.05, 0) is 32.9 Å². The number of carbonyl (C=O) groups is 1. The third-order valence-corrected chi connectivity index (χ3v) is 4.05. The molecule has 2 heterocycles. The average Bonchev–Trinajstić information content (AvgIpc) is 3.09. The Bertz CT molecular complexity index is 717. The molecule has 1 aliphatic rings. The Labute approximate surface area is 139 Å². The molecule has 0 bridgehead atoms. The number of hydrogen-bond acceptors (Lipinski definition) is 7. The number of hydrogen-bond donors (Lipinski definition) is 0. The van der Waals surface area contributed by atoms with Crippen molar-refractivity contribution >= 4 is 17.5 Å². The molecule has 2 aromatic rings. The lowest BCUT2D eigenvalue weighted by molar-refractivity contribution is -0.171. The van der Waals surface area contributed by atoms with E-state index in [1.165, 1.54) is 0 Å². The van der Waals surface area contributed by atoms with E-state index in [0.717, 1.165) is 11.0 Å². The van der Waals surface area contributed by atoms with Gasteiger partial charge in [-0.1, -0.05) is 17.3 Å². The molecule has 1 aromatic carbocycles. The van der Waals surface area contributed by atoms with E-state index in [-0.39, 0.29) is 0 Å². The van der Waals surface area contributed by atoms with Gasteiger partial charge in [0.05, 0.1) is 5.52 Å². The van der Waals surface area contributed by atoms with Gasteiger partial charge in [-0.3, -0.25) is 4.79 Å². The number of benzene rings is 1. The summed E-state index contributed by atoms with van der Waals surface area (Å²) >= 11 is 0. The molecule has 1 saturated heterocycles. The molecule has 4 atom stereocenters. The lowest BCUT2D eigenvalue weighted by Gasteiger charge is -2.28. The summed E-state index contributed by atoms with van der Waals surface area (Å²) in [5.74, 6) is -0.833. The molecule has 0 saturated carbocycles. The van der Waals surface area contributed by atoms with Crippen LogP contribution in [0.15, 0.2) is 24.3 Å². The fraction of sp³-hybridized carbons (Fsp3) is 0.562. The molecule has 0 amide bonds. The summed E-state index contributed by atoms with van der Waals surface area (Å²) in [5.41, 5.74) is 1.59. The second-order valence-corrected chi connectivity index (χ2v) is 6.15. The molecule has 1 aliphatic heterocycles. The standard InChI is InChI=1S/C16H21N3O5/c1-10(22-9-20)13(21-4)14-15(24-16(2,3)23-14)19-12-8-6-5-7-11(12)17-18-19/h5-10,13-15H,1-4H3/t10-,13-,14+,15+/m0/s1. The maximum absolute atomic E-state index is 10.7. The Kier molecular flexibility index (Phi) is 4.53. The van der Waals surface area contributed by atoms with Crippen molar-refractivity contribution in [2.75, 3.05) is 7.11 Å². The van der Waals surface area contributed by atoms with Crippen molar-refractivity contribution in [3.8, 4) is 0 Å². The van der Waals surface area contributed by atoms with Crippen LogP contribution in [0.2, 0.25) is 0 Å². The molecule has 1 fully saturated rings. The van der Waals surface area contributed by atoms with E-state index >= 15 is 0 Å². The van der Waals surface area contributed by atoms with Crippen LogP contribution in [0.3, 0.4) is 0 Å². The minimum atomic E-state index is -0.833. The molecule has 8 nitrogen and oxygen atoms in total. The van der Waals surface area contributed by atoms with E-state index in [1.54, 1.807) is 18.7 Å². The quantitative estimate of drug-likeness (QED) is 0.742. The molecule has 8 heteroatoms. The molecule has 0 aliphatic carbocycles. The van der Waals surface area contributed by atoms with E-state index < -0.39 is 30.3 Å². The molecule has 0 unspecified atom stereocenters. The summed E-state index contributed by atoms with van der Waals surface area (Å²) in [5, 5.41) is 8.37. The zero-order valence-corrected chi connectivity index (χ0v) is 14.1. The Balaban J connectivity index is 1.98. The van der Waals surface area contributed by atoms with Crippen LogP contribution in [0.25, 0.3) is 11.0 Å². The highest BCUT2D eigenvalue weighted by molar-refractivity contribution is 5.73. The first kappa shape index (κ1) is 16.8. The molecule has 1 aromatic heterocycles. The van der Waals surface area contributed by atoms with Crippen molar-refractivity contribution in [2.24, 2.45) is 0 Å². The number of rotatable bonds is 6. The second kappa shape index (κ2) is 6.46. The number of methoxy groups -OCH3 is 1. The summed E-state index contributed by atoms with van der Waals surface area (Å²) < 4.78 is 24.3. The Hall–Kier alpha value is -2.03. The van der Waals surface area contributed by atoms with E-state index in [4.69, 9.17) is 18.9 Å². The highest BCUT2D eigenvalue weighted by Gasteiger charge is 2.49. The molecule has 0 N–H and O–H groups in total. The highest BCUT2D eigenvalue weighted by Crippen LogP contribution is 2.38. The van der Waals surface area contributed by atoms with Gasteiger partial charge in [-0.2, -0.15) is 0 Å². The second-order valence-electron chi connectivity index (χ2n) is 6.15. The van der Waals surface area contributed by atoms with Crippen molar-refractivity contribution in [3.63, 3.8) is 0 Å². The van der Waals surface area contributed by atoms with Crippen molar-refractivity contribution in [1.82, 2.24) is 15.0 Å². The summed E-state index contributed by atoms with van der Waals surface area (Å²) in [4.78, 5) is 10.7. The number of para-hydroxylation sites is 1. The van der Waals surface area contributed by atoms with Gasteiger partial charge in [-0.15, -0.1) is 5.10 Å². The maximum Gasteiger partial charge on any atom is 0.293 e. The predicted octanol–water partition coefficient (Wildman–Crippen LogP) is 1.66.